The number of rotatable bonds is 5. The number of fused-ring (bicyclic) bond motifs is 5. The van der Waals surface area contributed by atoms with Crippen LogP contribution in [0.1, 0.15) is 20.6 Å². The van der Waals surface area contributed by atoms with Gasteiger partial charge in [-0.1, -0.05) is 133 Å². The number of benzene rings is 8. The second kappa shape index (κ2) is 11.0. The van der Waals surface area contributed by atoms with Crippen LogP contribution < -0.4 is 4.90 Å². The average Bonchev–Trinajstić information content (AvgIpc) is 3.64. The summed E-state index contributed by atoms with van der Waals surface area (Å²) in [5.41, 5.74) is -1.24. The van der Waals surface area contributed by atoms with E-state index < -0.39 is 124 Å². The molecule has 46 heavy (non-hydrogen) atoms. The van der Waals surface area contributed by atoms with Gasteiger partial charge in [0, 0.05) is 36.9 Å². The van der Waals surface area contributed by atoms with E-state index in [4.69, 9.17) is 13.7 Å². The molecule has 1 heterocycles. The van der Waals surface area contributed by atoms with Gasteiger partial charge in [0.15, 0.2) is 0 Å². The summed E-state index contributed by atoms with van der Waals surface area (Å²) in [6, 6.07) is 16.1. The summed E-state index contributed by atoms with van der Waals surface area (Å²) < 4.78 is 136. The van der Waals surface area contributed by atoms with Gasteiger partial charge in [-0.2, -0.15) is 0 Å². The number of nitrogens with zero attached hydrogens (tertiary/aromatic N) is 1. The minimum absolute atomic E-state index is 0.138. The molecule has 216 valence electrons. The third-order valence-corrected chi connectivity index (χ3v) is 9.03. The first-order chi connectivity index (χ1) is 29.1. The van der Waals surface area contributed by atoms with Crippen LogP contribution in [0.3, 0.4) is 0 Å². The third-order valence-electron chi connectivity index (χ3n) is 7.90. The van der Waals surface area contributed by atoms with Gasteiger partial charge in [0.2, 0.25) is 0 Å². The van der Waals surface area contributed by atoms with Gasteiger partial charge in [-0.15, -0.1) is 11.3 Å². The van der Waals surface area contributed by atoms with Crippen molar-refractivity contribution in [3.05, 3.63) is 176 Å². The first-order valence-corrected chi connectivity index (χ1v) is 15.3. The Morgan fingerprint density at radius 3 is 2.11 bits per heavy atom. The van der Waals surface area contributed by atoms with Gasteiger partial charge in [0.1, 0.15) is 0 Å². The first-order valence-electron chi connectivity index (χ1n) is 22.0. The fourth-order valence-electron chi connectivity index (χ4n) is 5.78. The Balaban J connectivity index is 1.36. The van der Waals surface area contributed by atoms with E-state index in [1.807, 2.05) is 84.9 Å². The van der Waals surface area contributed by atoms with Gasteiger partial charge in [-0.25, -0.2) is 0 Å². The molecule has 0 saturated heterocycles. The van der Waals surface area contributed by atoms with Crippen LogP contribution >= 0.6 is 11.3 Å². The van der Waals surface area contributed by atoms with Crippen LogP contribution in [0.4, 0.5) is 17.1 Å². The molecule has 1 aromatic heterocycles. The molecule has 9 rings (SSSR count). The Kier molecular flexibility index (Phi) is 3.72. The first kappa shape index (κ1) is 15.5. The topological polar surface area (TPSA) is 3.24 Å². The molecular formula is C44H29NS. The van der Waals surface area contributed by atoms with Crippen LogP contribution in [0.25, 0.3) is 64.0 Å². The lowest BCUT2D eigenvalue weighted by atomic mass is 9.95. The minimum atomic E-state index is -0.774. The minimum Gasteiger partial charge on any atom is -0.310 e. The third kappa shape index (κ3) is 4.54. The van der Waals surface area contributed by atoms with Crippen LogP contribution in [-0.2, 0) is 0 Å². The lowest BCUT2D eigenvalue weighted by molar-refractivity contribution is 1.30. The van der Waals surface area contributed by atoms with Crippen molar-refractivity contribution in [3.8, 4) is 22.3 Å². The van der Waals surface area contributed by atoms with Crippen LogP contribution in [0.5, 0.6) is 0 Å². The normalized spacial score (nSPS) is 16.0. The Morgan fingerprint density at radius 2 is 1.22 bits per heavy atom. The second-order valence-corrected chi connectivity index (χ2v) is 11.7. The van der Waals surface area contributed by atoms with E-state index in [0.29, 0.717) is 11.4 Å². The smallest absolute Gasteiger partial charge is 0.0645 e. The Labute approximate surface area is 293 Å². The highest BCUT2D eigenvalue weighted by Crippen LogP contribution is 2.43. The maximum atomic E-state index is 9.57. The second-order valence-electron chi connectivity index (χ2n) is 10.6. The van der Waals surface area contributed by atoms with Crippen molar-refractivity contribution in [1.29, 1.82) is 0 Å². The van der Waals surface area contributed by atoms with Crippen molar-refractivity contribution >= 4 is 70.1 Å². The van der Waals surface area contributed by atoms with Gasteiger partial charge >= 0.3 is 0 Å². The summed E-state index contributed by atoms with van der Waals surface area (Å²) in [6.07, 6.45) is 0. The molecule has 0 atom stereocenters. The van der Waals surface area contributed by atoms with E-state index in [1.165, 1.54) is 0 Å². The SMILES string of the molecule is [2H]c1c([2H])c([2H])c(-c2c([2H])c([2H])c([2H])c3c([2H])c([2H])c(-c4c([2H])c([2H])c(N(c5ccc6c(c5)sc5ccccc56)c5cccc6ccccc56)c([2H])c4[2H])c([2H])c23)c([2H])c1[2H]. The van der Waals surface area contributed by atoms with Crippen molar-refractivity contribution < 1.29 is 20.6 Å². The van der Waals surface area contributed by atoms with E-state index >= 15 is 0 Å². The molecule has 0 N–H and O–H groups in total. The molecule has 2 heteroatoms. The zero-order valence-electron chi connectivity index (χ0n) is 38.9. The van der Waals surface area contributed by atoms with E-state index in [0.717, 1.165) is 30.9 Å². The number of hydrogen-bond donors (Lipinski definition) is 0. The van der Waals surface area contributed by atoms with Gasteiger partial charge in [-0.3, -0.25) is 0 Å². The largest absolute Gasteiger partial charge is 0.310 e. The van der Waals surface area contributed by atoms with Crippen molar-refractivity contribution in [2.24, 2.45) is 0 Å². The molecule has 1 nitrogen and oxygen atoms in total. The molecule has 0 aliphatic rings. The maximum absolute atomic E-state index is 9.57. The lowest BCUT2D eigenvalue weighted by Crippen LogP contribution is -2.10. The Bertz CT molecular complexity index is 3340. The lowest BCUT2D eigenvalue weighted by Gasteiger charge is -2.27. The summed E-state index contributed by atoms with van der Waals surface area (Å²) >= 11 is 1.57. The summed E-state index contributed by atoms with van der Waals surface area (Å²) in [6.45, 7) is 0. The standard InChI is InChI=1S/C44H29NS/c1-2-10-31(11-3-1)37-17-8-13-33-20-21-34(28-41(33)37)30-22-24-35(25-23-30)45(42-18-9-14-32-12-4-5-15-38(32)42)36-26-27-40-39-16-6-7-19-43(39)46-44(40)29-36/h1-29H/i1D,2D,3D,8D,10D,11D,13D,17D,20D,21D,22D,23D,24D,25D,28D. The molecule has 0 spiro atoms. The molecule has 9 aromatic rings. The average molecular weight is 619 g/mol. The van der Waals surface area contributed by atoms with Crippen molar-refractivity contribution in [2.75, 3.05) is 4.90 Å². The number of anilines is 3. The molecular weight excluding hydrogens is 575 g/mol. The molecule has 0 saturated carbocycles. The van der Waals surface area contributed by atoms with Crippen molar-refractivity contribution in [3.63, 3.8) is 0 Å². The number of hydrogen-bond acceptors (Lipinski definition) is 2. The van der Waals surface area contributed by atoms with Crippen LogP contribution in [-0.4, -0.2) is 0 Å². The highest BCUT2D eigenvalue weighted by molar-refractivity contribution is 7.25. The van der Waals surface area contributed by atoms with E-state index in [1.54, 1.807) is 16.2 Å². The van der Waals surface area contributed by atoms with Crippen molar-refractivity contribution in [1.82, 2.24) is 0 Å². The summed E-state index contributed by atoms with van der Waals surface area (Å²) in [7, 11) is 0. The van der Waals surface area contributed by atoms with Gasteiger partial charge in [0.05, 0.1) is 26.2 Å². The van der Waals surface area contributed by atoms with Crippen LogP contribution in [0.2, 0.25) is 0 Å². The summed E-state index contributed by atoms with van der Waals surface area (Å²) in [4.78, 5) is 1.65. The number of thiophene rings is 1. The highest BCUT2D eigenvalue weighted by Gasteiger charge is 2.17. The molecule has 0 aliphatic heterocycles. The quantitative estimate of drug-likeness (QED) is 0.185. The fraction of sp³-hybridized carbons (Fsp3) is 0. The predicted octanol–water partition coefficient (Wildman–Crippen LogP) is 13.2. The molecule has 0 bridgehead atoms. The summed E-state index contributed by atoms with van der Waals surface area (Å²) in [5, 5.41) is 2.71. The van der Waals surface area contributed by atoms with E-state index in [2.05, 4.69) is 0 Å². The zero-order valence-corrected chi connectivity index (χ0v) is 24.8. The van der Waals surface area contributed by atoms with Crippen LogP contribution in [0.15, 0.2) is 176 Å². The van der Waals surface area contributed by atoms with Crippen LogP contribution in [0, 0.1) is 0 Å². The van der Waals surface area contributed by atoms with Gasteiger partial charge < -0.3 is 4.90 Å². The molecule has 0 fully saturated rings. The van der Waals surface area contributed by atoms with E-state index in [9.17, 15) is 6.85 Å². The summed E-state index contributed by atoms with van der Waals surface area (Å²) in [5.74, 6) is 0. The molecule has 0 amide bonds. The predicted molar refractivity (Wildman–Crippen MR) is 200 cm³/mol. The van der Waals surface area contributed by atoms with Crippen molar-refractivity contribution in [2.45, 2.75) is 0 Å². The molecule has 8 aromatic carbocycles. The molecule has 0 radical (unpaired) electrons. The molecule has 0 unspecified atom stereocenters. The zero-order chi connectivity index (χ0) is 43.5. The van der Waals surface area contributed by atoms with Gasteiger partial charge in [0.25, 0.3) is 0 Å². The monoisotopic (exact) mass is 618 g/mol. The fourth-order valence-corrected chi connectivity index (χ4v) is 6.92. The Morgan fingerprint density at radius 1 is 0.457 bits per heavy atom. The molecule has 0 aliphatic carbocycles. The highest BCUT2D eigenvalue weighted by atomic mass is 32.1. The van der Waals surface area contributed by atoms with Gasteiger partial charge in [-0.05, 0) is 80.8 Å². The Hall–Kier alpha value is -5.70. The maximum Gasteiger partial charge on any atom is 0.0645 e. The van der Waals surface area contributed by atoms with E-state index in [-0.39, 0.29) is 5.69 Å².